The molecule has 0 saturated carbocycles. The van der Waals surface area contributed by atoms with E-state index in [1.165, 1.54) is 6.07 Å². The van der Waals surface area contributed by atoms with Crippen molar-refractivity contribution in [2.24, 2.45) is 10.2 Å². The summed E-state index contributed by atoms with van der Waals surface area (Å²) >= 11 is 0. The highest BCUT2D eigenvalue weighted by atomic mass is 32.2. The normalized spacial score (nSPS) is 12.3. The van der Waals surface area contributed by atoms with Crippen molar-refractivity contribution >= 4 is 28.0 Å². The molecule has 5 nitrogen and oxygen atoms in total. The summed E-state index contributed by atoms with van der Waals surface area (Å²) in [5, 5.41) is 7.60. The summed E-state index contributed by atoms with van der Waals surface area (Å²) in [7, 11) is -2.65. The molecule has 2 aromatic carbocycles. The number of hydrogen-bond donors (Lipinski definition) is 1. The average molecular weight is 316 g/mol. The number of nitrogens with zero attached hydrogens (tertiary/aromatic N) is 2. The molecular formula is C16H16N2O3S. The van der Waals surface area contributed by atoms with Crippen molar-refractivity contribution in [3.05, 3.63) is 59.2 Å². The fraction of sp³-hybridized carbons (Fsp3) is 0.125. The van der Waals surface area contributed by atoms with Crippen LogP contribution in [-0.2, 0) is 10.1 Å². The first kappa shape index (κ1) is 16.1. The number of benzene rings is 2. The van der Waals surface area contributed by atoms with Gasteiger partial charge in [-0.3, -0.25) is 4.55 Å². The lowest BCUT2D eigenvalue weighted by atomic mass is 10.1. The van der Waals surface area contributed by atoms with Crippen LogP contribution in [0.3, 0.4) is 0 Å². The molecule has 0 saturated heterocycles. The maximum absolute atomic E-state index is 11.4. The van der Waals surface area contributed by atoms with Crippen molar-refractivity contribution < 1.29 is 13.0 Å². The van der Waals surface area contributed by atoms with Gasteiger partial charge in [-0.2, -0.15) is 18.6 Å². The second-order valence-electron chi connectivity index (χ2n) is 4.74. The van der Waals surface area contributed by atoms with Gasteiger partial charge >= 0.3 is 0 Å². The minimum absolute atomic E-state index is 0.0971. The maximum Gasteiger partial charge on any atom is 0.295 e. The van der Waals surface area contributed by atoms with Gasteiger partial charge < -0.3 is 0 Å². The van der Waals surface area contributed by atoms with E-state index in [0.717, 1.165) is 16.8 Å². The molecule has 0 aromatic heterocycles. The van der Waals surface area contributed by atoms with Crippen molar-refractivity contribution in [3.8, 4) is 0 Å². The van der Waals surface area contributed by atoms with E-state index in [-0.39, 0.29) is 4.90 Å². The smallest absolute Gasteiger partial charge is 0.282 e. The molecule has 0 radical (unpaired) electrons. The van der Waals surface area contributed by atoms with Gasteiger partial charge in [-0.1, -0.05) is 36.4 Å². The van der Waals surface area contributed by atoms with Crippen molar-refractivity contribution in [3.63, 3.8) is 0 Å². The van der Waals surface area contributed by atoms with Crippen LogP contribution >= 0.6 is 0 Å². The van der Waals surface area contributed by atoms with Gasteiger partial charge in [-0.25, -0.2) is 0 Å². The van der Waals surface area contributed by atoms with Gasteiger partial charge in [0.25, 0.3) is 10.1 Å². The fourth-order valence-corrected chi connectivity index (χ4v) is 2.73. The predicted octanol–water partition coefficient (Wildman–Crippen LogP) is 4.13. The Morgan fingerprint density at radius 2 is 1.73 bits per heavy atom. The zero-order valence-corrected chi connectivity index (χ0v) is 13.1. The Morgan fingerprint density at radius 1 is 1.05 bits per heavy atom. The molecule has 0 spiro atoms. The molecular weight excluding hydrogens is 300 g/mol. The average Bonchev–Trinajstić information content (AvgIpc) is 2.47. The van der Waals surface area contributed by atoms with Crippen LogP contribution in [0.15, 0.2) is 57.6 Å². The molecule has 0 heterocycles. The highest BCUT2D eigenvalue weighted by molar-refractivity contribution is 7.85. The van der Waals surface area contributed by atoms with Gasteiger partial charge in [-0.05, 0) is 41.8 Å². The summed E-state index contributed by atoms with van der Waals surface area (Å²) in [5.41, 5.74) is 2.83. The zero-order chi connectivity index (χ0) is 16.2. The quantitative estimate of drug-likeness (QED) is 0.523. The third-order valence-corrected chi connectivity index (χ3v) is 3.92. The SMILES string of the molecule is CN=Nc1ccc(C=Cc2ccc(C)cc2S(=O)(=O)O)cc1. The molecule has 114 valence electrons. The summed E-state index contributed by atoms with van der Waals surface area (Å²) in [6, 6.07) is 12.2. The highest BCUT2D eigenvalue weighted by Crippen LogP contribution is 2.21. The lowest BCUT2D eigenvalue weighted by Gasteiger charge is -2.04. The first-order valence-electron chi connectivity index (χ1n) is 6.56. The van der Waals surface area contributed by atoms with Crippen LogP contribution in [0, 0.1) is 6.92 Å². The highest BCUT2D eigenvalue weighted by Gasteiger charge is 2.13. The molecule has 0 amide bonds. The van der Waals surface area contributed by atoms with E-state index in [4.69, 9.17) is 0 Å². The first-order valence-corrected chi connectivity index (χ1v) is 8.00. The topological polar surface area (TPSA) is 79.1 Å². The number of rotatable bonds is 4. The molecule has 1 N–H and O–H groups in total. The predicted molar refractivity (Wildman–Crippen MR) is 86.8 cm³/mol. The van der Waals surface area contributed by atoms with Crippen LogP contribution in [0.25, 0.3) is 12.2 Å². The van der Waals surface area contributed by atoms with Crippen LogP contribution in [0.4, 0.5) is 5.69 Å². The number of azo groups is 1. The van der Waals surface area contributed by atoms with Gasteiger partial charge in [0.15, 0.2) is 0 Å². The standard InChI is InChI=1S/C16H16N2O3S/c1-12-3-7-14(16(11-12)22(19,20)21)8-4-13-5-9-15(10-6-13)18-17-2/h3-11H,1-2H3,(H,19,20,21). The van der Waals surface area contributed by atoms with E-state index < -0.39 is 10.1 Å². The minimum atomic E-state index is -4.25. The number of aryl methyl sites for hydroxylation is 1. The molecule has 2 rings (SSSR count). The summed E-state index contributed by atoms with van der Waals surface area (Å²) in [6.45, 7) is 1.77. The third-order valence-electron chi connectivity index (χ3n) is 3.01. The summed E-state index contributed by atoms with van der Waals surface area (Å²) in [6.07, 6.45) is 3.42. The lowest BCUT2D eigenvalue weighted by Crippen LogP contribution is -2.01. The minimum Gasteiger partial charge on any atom is -0.282 e. The molecule has 0 fully saturated rings. The third kappa shape index (κ3) is 4.09. The molecule has 0 bridgehead atoms. The van der Waals surface area contributed by atoms with Gasteiger partial charge in [-0.15, -0.1) is 0 Å². The molecule has 0 atom stereocenters. The van der Waals surface area contributed by atoms with Crippen molar-refractivity contribution in [1.82, 2.24) is 0 Å². The molecule has 0 aliphatic carbocycles. The summed E-state index contributed by atoms with van der Waals surface area (Å²) in [4.78, 5) is -0.0971. The van der Waals surface area contributed by atoms with Crippen LogP contribution in [0.1, 0.15) is 16.7 Å². The number of hydrogen-bond acceptors (Lipinski definition) is 4. The molecule has 0 aliphatic rings. The Balaban J connectivity index is 2.34. The molecule has 0 aliphatic heterocycles. The van der Waals surface area contributed by atoms with Gasteiger partial charge in [0.05, 0.1) is 5.69 Å². The summed E-state index contributed by atoms with van der Waals surface area (Å²) in [5.74, 6) is 0. The van der Waals surface area contributed by atoms with Gasteiger partial charge in [0.1, 0.15) is 4.90 Å². The van der Waals surface area contributed by atoms with E-state index in [2.05, 4.69) is 10.2 Å². The van der Waals surface area contributed by atoms with E-state index in [1.807, 2.05) is 24.3 Å². The summed E-state index contributed by atoms with van der Waals surface area (Å²) < 4.78 is 32.2. The van der Waals surface area contributed by atoms with Crippen LogP contribution in [-0.4, -0.2) is 20.0 Å². The van der Waals surface area contributed by atoms with Gasteiger partial charge in [0, 0.05) is 7.05 Å². The van der Waals surface area contributed by atoms with Gasteiger partial charge in [0.2, 0.25) is 0 Å². The Labute approximate surface area is 129 Å². The Morgan fingerprint density at radius 3 is 2.32 bits per heavy atom. The van der Waals surface area contributed by atoms with Crippen LogP contribution < -0.4 is 0 Å². The maximum atomic E-state index is 11.4. The van der Waals surface area contributed by atoms with Crippen molar-refractivity contribution in [1.29, 1.82) is 0 Å². The van der Waals surface area contributed by atoms with E-state index >= 15 is 0 Å². The molecule has 22 heavy (non-hydrogen) atoms. The fourth-order valence-electron chi connectivity index (χ4n) is 1.96. The van der Waals surface area contributed by atoms with E-state index in [0.29, 0.717) is 5.56 Å². The van der Waals surface area contributed by atoms with E-state index in [9.17, 15) is 13.0 Å². The Kier molecular flexibility index (Phi) is 4.85. The van der Waals surface area contributed by atoms with Crippen molar-refractivity contribution in [2.75, 3.05) is 7.05 Å². The molecule has 0 unspecified atom stereocenters. The van der Waals surface area contributed by atoms with Crippen LogP contribution in [0.2, 0.25) is 0 Å². The second-order valence-corrected chi connectivity index (χ2v) is 6.13. The molecule has 6 heteroatoms. The van der Waals surface area contributed by atoms with E-state index in [1.54, 1.807) is 38.3 Å². The second kappa shape index (κ2) is 6.64. The first-order chi connectivity index (χ1) is 10.4. The Hall–Kier alpha value is -2.31. The van der Waals surface area contributed by atoms with Crippen LogP contribution in [0.5, 0.6) is 0 Å². The Bertz CT molecular complexity index is 823. The molecule has 2 aromatic rings. The largest absolute Gasteiger partial charge is 0.295 e. The monoisotopic (exact) mass is 316 g/mol. The van der Waals surface area contributed by atoms with Crippen molar-refractivity contribution in [2.45, 2.75) is 11.8 Å². The zero-order valence-electron chi connectivity index (χ0n) is 12.3. The lowest BCUT2D eigenvalue weighted by molar-refractivity contribution is 0.483.